The summed E-state index contributed by atoms with van der Waals surface area (Å²) >= 11 is 1.18. The zero-order valence-corrected chi connectivity index (χ0v) is 19.0. The minimum atomic E-state index is -0.417. The molecule has 2 aromatic carbocycles. The summed E-state index contributed by atoms with van der Waals surface area (Å²) in [5.41, 5.74) is 2.26. The summed E-state index contributed by atoms with van der Waals surface area (Å²) in [4.78, 5) is 30.5. The Bertz CT molecular complexity index is 1360. The number of halogens is 1. The zero-order valence-electron chi connectivity index (χ0n) is 18.1. The van der Waals surface area contributed by atoms with Crippen LogP contribution in [0.15, 0.2) is 56.8 Å². The minimum Gasteiger partial charge on any atom is -0.448 e. The fourth-order valence-corrected chi connectivity index (χ4v) is 4.21. The molecular formula is C24H24FN3O3S. The van der Waals surface area contributed by atoms with E-state index in [1.54, 1.807) is 23.6 Å². The Morgan fingerprint density at radius 1 is 1.25 bits per heavy atom. The Kier molecular flexibility index (Phi) is 6.32. The lowest BCUT2D eigenvalue weighted by atomic mass is 10.1. The molecule has 32 heavy (non-hydrogen) atoms. The molecule has 0 atom stereocenters. The van der Waals surface area contributed by atoms with Crippen molar-refractivity contribution in [2.24, 2.45) is 5.92 Å². The molecule has 0 spiro atoms. The number of nitrogens with zero attached hydrogens (tertiary/aromatic N) is 2. The Hall–Kier alpha value is -3.13. The van der Waals surface area contributed by atoms with Gasteiger partial charge >= 0.3 is 0 Å². The number of thioether (sulfide) groups is 1. The molecule has 6 nitrogen and oxygen atoms in total. The summed E-state index contributed by atoms with van der Waals surface area (Å²) in [7, 11) is 0. The molecule has 4 aromatic rings. The van der Waals surface area contributed by atoms with Crippen molar-refractivity contribution in [2.75, 3.05) is 11.1 Å². The smallest absolute Gasteiger partial charge is 0.297 e. The lowest BCUT2D eigenvalue weighted by Crippen LogP contribution is -2.24. The maximum Gasteiger partial charge on any atom is 0.297 e. The van der Waals surface area contributed by atoms with Crippen LogP contribution in [0.25, 0.3) is 22.1 Å². The number of furan rings is 1. The molecule has 166 valence electrons. The summed E-state index contributed by atoms with van der Waals surface area (Å²) in [5, 5.41) is 3.95. The van der Waals surface area contributed by atoms with Crippen molar-refractivity contribution >= 4 is 45.4 Å². The standard InChI is InChI=1S/C24H24FN3O3S/c1-14(2)10-11-28-23(30)22-21(17-6-4-5-7-19(17)31-22)27-24(28)32-13-20(29)26-18-12-16(25)9-8-15(18)3/h4-9,12,14H,10-11,13H2,1-3H3,(H,26,29). The fraction of sp³-hybridized carbons (Fsp3) is 0.292. The molecule has 0 aliphatic heterocycles. The van der Waals surface area contributed by atoms with Crippen molar-refractivity contribution in [2.45, 2.75) is 38.9 Å². The first kappa shape index (κ1) is 22.1. The number of anilines is 1. The van der Waals surface area contributed by atoms with Gasteiger partial charge in [0.15, 0.2) is 5.16 Å². The van der Waals surface area contributed by atoms with Gasteiger partial charge in [-0.15, -0.1) is 0 Å². The van der Waals surface area contributed by atoms with E-state index in [9.17, 15) is 14.0 Å². The topological polar surface area (TPSA) is 77.1 Å². The summed E-state index contributed by atoms with van der Waals surface area (Å²) < 4.78 is 20.9. The first-order chi connectivity index (χ1) is 15.3. The van der Waals surface area contributed by atoms with Crippen LogP contribution < -0.4 is 10.9 Å². The fourth-order valence-electron chi connectivity index (χ4n) is 3.39. The van der Waals surface area contributed by atoms with E-state index in [0.717, 1.165) is 17.4 Å². The van der Waals surface area contributed by atoms with E-state index in [0.29, 0.717) is 34.4 Å². The minimum absolute atomic E-state index is 0.0331. The number of rotatable bonds is 7. The Morgan fingerprint density at radius 2 is 2.03 bits per heavy atom. The van der Waals surface area contributed by atoms with Gasteiger partial charge in [0.1, 0.15) is 16.9 Å². The van der Waals surface area contributed by atoms with Gasteiger partial charge in [-0.25, -0.2) is 9.37 Å². The van der Waals surface area contributed by atoms with Gasteiger partial charge in [0.2, 0.25) is 11.5 Å². The average molecular weight is 454 g/mol. The highest BCUT2D eigenvalue weighted by atomic mass is 32.2. The third kappa shape index (κ3) is 4.55. The number of nitrogens with one attached hydrogen (secondary N) is 1. The van der Waals surface area contributed by atoms with Crippen LogP contribution in [0.4, 0.5) is 10.1 Å². The molecule has 4 rings (SSSR count). The third-order valence-electron chi connectivity index (χ3n) is 5.18. The highest BCUT2D eigenvalue weighted by Gasteiger charge is 2.19. The molecule has 0 aliphatic rings. The molecule has 0 radical (unpaired) electrons. The van der Waals surface area contributed by atoms with E-state index in [-0.39, 0.29) is 22.8 Å². The number of fused-ring (bicyclic) bond motifs is 3. The second kappa shape index (κ2) is 9.16. The molecule has 1 N–H and O–H groups in total. The van der Waals surface area contributed by atoms with Crippen molar-refractivity contribution in [3.8, 4) is 0 Å². The monoisotopic (exact) mass is 453 g/mol. The van der Waals surface area contributed by atoms with E-state index >= 15 is 0 Å². The van der Waals surface area contributed by atoms with E-state index in [1.165, 1.54) is 23.9 Å². The van der Waals surface area contributed by atoms with Crippen LogP contribution >= 0.6 is 11.8 Å². The molecule has 0 bridgehead atoms. The van der Waals surface area contributed by atoms with Crippen molar-refractivity contribution < 1.29 is 13.6 Å². The van der Waals surface area contributed by atoms with Crippen LogP contribution in [0.3, 0.4) is 0 Å². The van der Waals surface area contributed by atoms with Gasteiger partial charge in [0, 0.05) is 17.6 Å². The quantitative estimate of drug-likeness (QED) is 0.301. The molecular weight excluding hydrogens is 429 g/mol. The van der Waals surface area contributed by atoms with Gasteiger partial charge in [0.25, 0.3) is 5.56 Å². The maximum atomic E-state index is 13.5. The van der Waals surface area contributed by atoms with E-state index in [1.807, 2.05) is 18.2 Å². The molecule has 2 heterocycles. The van der Waals surface area contributed by atoms with Crippen LogP contribution in [0.5, 0.6) is 0 Å². The number of aromatic nitrogens is 2. The third-order valence-corrected chi connectivity index (χ3v) is 6.16. The molecule has 0 saturated carbocycles. The number of benzene rings is 2. The molecule has 0 aliphatic carbocycles. The summed E-state index contributed by atoms with van der Waals surface area (Å²) in [6.45, 7) is 6.44. The molecule has 1 amide bonds. The van der Waals surface area contributed by atoms with E-state index in [4.69, 9.17) is 9.40 Å². The van der Waals surface area contributed by atoms with Gasteiger partial charge in [-0.2, -0.15) is 0 Å². The molecule has 2 aromatic heterocycles. The van der Waals surface area contributed by atoms with Crippen molar-refractivity contribution in [1.82, 2.24) is 9.55 Å². The first-order valence-corrected chi connectivity index (χ1v) is 11.4. The largest absolute Gasteiger partial charge is 0.448 e. The van der Waals surface area contributed by atoms with Gasteiger partial charge in [0.05, 0.1) is 5.75 Å². The summed E-state index contributed by atoms with van der Waals surface area (Å²) in [6, 6.07) is 11.6. The van der Waals surface area contributed by atoms with Crippen LogP contribution in [-0.4, -0.2) is 21.2 Å². The summed E-state index contributed by atoms with van der Waals surface area (Å²) in [6.07, 6.45) is 0.787. The van der Waals surface area contributed by atoms with Crippen molar-refractivity contribution in [1.29, 1.82) is 0 Å². The molecule has 8 heteroatoms. The Balaban J connectivity index is 1.65. The maximum absolute atomic E-state index is 13.5. The van der Waals surface area contributed by atoms with E-state index < -0.39 is 5.82 Å². The van der Waals surface area contributed by atoms with Crippen LogP contribution in [0.1, 0.15) is 25.8 Å². The number of hydrogen-bond donors (Lipinski definition) is 1. The number of carbonyl (C=O) groups is 1. The number of hydrogen-bond acceptors (Lipinski definition) is 5. The second-order valence-electron chi connectivity index (χ2n) is 8.11. The van der Waals surface area contributed by atoms with Crippen LogP contribution in [0.2, 0.25) is 0 Å². The normalized spacial score (nSPS) is 11.5. The highest BCUT2D eigenvalue weighted by Crippen LogP contribution is 2.27. The predicted octanol–water partition coefficient (Wildman–Crippen LogP) is 5.37. The lowest BCUT2D eigenvalue weighted by Gasteiger charge is -2.13. The average Bonchev–Trinajstić information content (AvgIpc) is 3.13. The SMILES string of the molecule is Cc1ccc(F)cc1NC(=O)CSc1nc2c(oc3ccccc32)c(=O)n1CCC(C)C. The summed E-state index contributed by atoms with van der Waals surface area (Å²) in [5.74, 6) is -0.290. The first-order valence-electron chi connectivity index (χ1n) is 10.4. The van der Waals surface area contributed by atoms with Crippen LogP contribution in [0, 0.1) is 18.7 Å². The Labute approximate surface area is 188 Å². The van der Waals surface area contributed by atoms with Gasteiger partial charge in [-0.1, -0.05) is 43.8 Å². The second-order valence-corrected chi connectivity index (χ2v) is 9.05. The highest BCUT2D eigenvalue weighted by molar-refractivity contribution is 7.99. The van der Waals surface area contributed by atoms with Crippen molar-refractivity contribution in [3.05, 3.63) is 64.2 Å². The molecule has 0 fully saturated rings. The van der Waals surface area contributed by atoms with Crippen LogP contribution in [-0.2, 0) is 11.3 Å². The number of amides is 1. The van der Waals surface area contributed by atoms with E-state index in [2.05, 4.69) is 19.2 Å². The number of para-hydroxylation sites is 1. The molecule has 0 saturated heterocycles. The predicted molar refractivity (Wildman–Crippen MR) is 126 cm³/mol. The van der Waals surface area contributed by atoms with Gasteiger partial charge in [-0.3, -0.25) is 14.2 Å². The van der Waals surface area contributed by atoms with Gasteiger partial charge in [-0.05, 0) is 49.1 Å². The number of aryl methyl sites for hydroxylation is 1. The van der Waals surface area contributed by atoms with Gasteiger partial charge < -0.3 is 9.73 Å². The molecule has 0 unspecified atom stereocenters. The number of carbonyl (C=O) groups excluding carboxylic acids is 1. The lowest BCUT2D eigenvalue weighted by molar-refractivity contribution is -0.113. The Morgan fingerprint density at radius 3 is 2.81 bits per heavy atom. The zero-order chi connectivity index (χ0) is 22.8. The van der Waals surface area contributed by atoms with Crippen molar-refractivity contribution in [3.63, 3.8) is 0 Å².